The molecule has 10 atom stereocenters. The van der Waals surface area contributed by atoms with E-state index in [0.717, 1.165) is 28.3 Å². The predicted molar refractivity (Wildman–Crippen MR) is 81.2 cm³/mol. The van der Waals surface area contributed by atoms with E-state index in [4.69, 9.17) is 0 Å². The minimum atomic E-state index is -1.91. The maximum Gasteiger partial charge on any atom is 0.0242 e. The molecule has 6 heteroatoms. The fourth-order valence-electron chi connectivity index (χ4n) is 5.14. The van der Waals surface area contributed by atoms with E-state index >= 15 is 0 Å². The van der Waals surface area contributed by atoms with Crippen LogP contribution in [0.3, 0.4) is 0 Å². The Kier molecular flexibility index (Phi) is 3.28. The van der Waals surface area contributed by atoms with Gasteiger partial charge >= 0.3 is 0 Å². The number of fused-ring (bicyclic) bond motifs is 7. The van der Waals surface area contributed by atoms with Crippen LogP contribution in [0.1, 0.15) is 13.3 Å². The van der Waals surface area contributed by atoms with Crippen molar-refractivity contribution in [1.29, 1.82) is 0 Å². The highest BCUT2D eigenvalue weighted by atomic mass is 32.2. The van der Waals surface area contributed by atoms with E-state index in [2.05, 4.69) is 35.8 Å². The van der Waals surface area contributed by atoms with Gasteiger partial charge in [0, 0.05) is 32.8 Å². The molecule has 10 unspecified atom stereocenters. The van der Waals surface area contributed by atoms with Gasteiger partial charge in [0.2, 0.25) is 0 Å². The van der Waals surface area contributed by atoms with Crippen molar-refractivity contribution in [1.82, 2.24) is 5.32 Å². The molecule has 19 heavy (non-hydrogen) atoms. The highest BCUT2D eigenvalue weighted by molar-refractivity contribution is 8.08. The number of nitrogens with one attached hydrogen (secondary N) is 1. The molecule has 1 N–H and O–H groups in total. The second-order valence-corrected chi connectivity index (χ2v) is 9.97. The molecule has 0 radical (unpaired) electrons. The molecule has 0 spiro atoms. The number of hydrogen-bond acceptors (Lipinski definition) is 5. The Bertz CT molecular complexity index is 421. The average molecular weight is 319 g/mol. The third-order valence-corrected chi connectivity index (χ3v) is 9.87. The van der Waals surface area contributed by atoms with Crippen LogP contribution in [0.15, 0.2) is 0 Å². The summed E-state index contributed by atoms with van der Waals surface area (Å²) in [5, 5.41) is 6.45. The van der Waals surface area contributed by atoms with Crippen molar-refractivity contribution >= 4 is 34.6 Å². The van der Waals surface area contributed by atoms with Gasteiger partial charge in [0.15, 0.2) is 0 Å². The normalized spacial score (nSPS) is 59.0. The first-order chi connectivity index (χ1) is 9.17. The maximum absolute atomic E-state index is 11.2. The van der Waals surface area contributed by atoms with Crippen molar-refractivity contribution in [3.63, 3.8) is 0 Å². The van der Waals surface area contributed by atoms with Gasteiger partial charge in [-0.2, -0.15) is 23.5 Å². The Morgan fingerprint density at radius 1 is 1.11 bits per heavy atom. The van der Waals surface area contributed by atoms with Gasteiger partial charge in [0.25, 0.3) is 0 Å². The van der Waals surface area contributed by atoms with Crippen molar-refractivity contribution < 1.29 is 8.76 Å². The summed E-state index contributed by atoms with van der Waals surface area (Å²) in [4.78, 5) is 0. The first-order valence-electron chi connectivity index (χ1n) is 7.21. The van der Waals surface area contributed by atoms with E-state index in [1.165, 1.54) is 6.42 Å². The van der Waals surface area contributed by atoms with Crippen LogP contribution in [-0.2, 0) is 11.1 Å². The van der Waals surface area contributed by atoms with Crippen LogP contribution in [0.25, 0.3) is 0 Å². The zero-order chi connectivity index (χ0) is 13.3. The van der Waals surface area contributed by atoms with Gasteiger partial charge in [0.1, 0.15) is 0 Å². The van der Waals surface area contributed by atoms with E-state index in [-0.39, 0.29) is 0 Å². The van der Waals surface area contributed by atoms with Crippen LogP contribution in [0.5, 0.6) is 0 Å². The number of rotatable bonds is 4. The smallest absolute Gasteiger partial charge is 0.0242 e. The van der Waals surface area contributed by atoms with Crippen molar-refractivity contribution in [2.75, 3.05) is 12.8 Å². The van der Waals surface area contributed by atoms with Gasteiger partial charge in [-0.25, -0.2) is 0 Å². The van der Waals surface area contributed by atoms with Gasteiger partial charge in [0.05, 0.1) is 0 Å². The van der Waals surface area contributed by atoms with Gasteiger partial charge < -0.3 is 9.87 Å². The van der Waals surface area contributed by atoms with Crippen molar-refractivity contribution in [3.05, 3.63) is 0 Å². The minimum absolute atomic E-state index is 0.331. The maximum atomic E-state index is 11.2. The van der Waals surface area contributed by atoms with E-state index in [1.807, 2.05) is 7.05 Å². The lowest BCUT2D eigenvalue weighted by molar-refractivity contribution is 0.189. The van der Waals surface area contributed by atoms with E-state index in [1.54, 1.807) is 0 Å². The zero-order valence-electron chi connectivity index (χ0n) is 11.2. The predicted octanol–water partition coefficient (Wildman–Crippen LogP) is 1.32. The fourth-order valence-corrected chi connectivity index (χ4v) is 10.3. The molecular weight excluding hydrogens is 298 g/mol. The summed E-state index contributed by atoms with van der Waals surface area (Å²) < 4.78 is 22.3. The monoisotopic (exact) mass is 318 g/mol. The molecule has 1 saturated carbocycles. The van der Waals surface area contributed by atoms with Crippen molar-refractivity contribution in [3.8, 4) is 0 Å². The Labute approximate surface area is 125 Å². The molecule has 2 bridgehead atoms. The third kappa shape index (κ3) is 1.76. The largest absolute Gasteiger partial charge is 0.772 e. The van der Waals surface area contributed by atoms with Crippen LogP contribution < -0.4 is 5.32 Å². The summed E-state index contributed by atoms with van der Waals surface area (Å²) in [6, 6.07) is 0.408. The summed E-state index contributed by atoms with van der Waals surface area (Å²) in [5.74, 6) is 3.22. The van der Waals surface area contributed by atoms with Crippen LogP contribution in [0.4, 0.5) is 0 Å². The van der Waals surface area contributed by atoms with Crippen molar-refractivity contribution in [2.24, 2.45) is 23.7 Å². The van der Waals surface area contributed by atoms with Gasteiger partial charge in [-0.15, -0.1) is 0 Å². The van der Waals surface area contributed by atoms with Crippen LogP contribution >= 0.6 is 23.5 Å². The molecule has 3 aliphatic heterocycles. The van der Waals surface area contributed by atoms with Gasteiger partial charge in [-0.3, -0.25) is 4.21 Å². The summed E-state index contributed by atoms with van der Waals surface area (Å²) in [6.45, 7) is 2.33. The van der Waals surface area contributed by atoms with Gasteiger partial charge in [-0.05, 0) is 30.7 Å². The van der Waals surface area contributed by atoms with Gasteiger partial charge in [-0.1, -0.05) is 24.4 Å². The molecule has 3 heterocycles. The summed E-state index contributed by atoms with van der Waals surface area (Å²) in [6.07, 6.45) is 1.30. The van der Waals surface area contributed by atoms with E-state index in [9.17, 15) is 8.76 Å². The lowest BCUT2D eigenvalue weighted by Crippen LogP contribution is -2.52. The molecule has 0 aromatic heterocycles. The third-order valence-electron chi connectivity index (χ3n) is 5.75. The molecule has 0 amide bonds. The Balaban J connectivity index is 1.63. The molecule has 4 aliphatic rings. The highest BCUT2D eigenvalue weighted by Gasteiger charge is 2.71. The Hall–Kier alpha value is 0.770. The second-order valence-electron chi connectivity index (χ2n) is 6.31. The van der Waals surface area contributed by atoms with E-state index in [0.29, 0.717) is 28.2 Å². The quantitative estimate of drug-likeness (QED) is 0.626. The Morgan fingerprint density at radius 2 is 1.84 bits per heavy atom. The lowest BCUT2D eigenvalue weighted by atomic mass is 9.70. The minimum Gasteiger partial charge on any atom is -0.772 e. The van der Waals surface area contributed by atoms with E-state index < -0.39 is 11.1 Å². The molecule has 4 fully saturated rings. The summed E-state index contributed by atoms with van der Waals surface area (Å²) >= 11 is 2.37. The number of hydrogen-bond donors (Lipinski definition) is 1. The molecule has 0 aromatic carbocycles. The molecule has 1 aliphatic carbocycles. The molecule has 4 rings (SSSR count). The molecule has 3 nitrogen and oxygen atoms in total. The lowest BCUT2D eigenvalue weighted by Gasteiger charge is -2.40. The second kappa shape index (κ2) is 4.63. The van der Waals surface area contributed by atoms with Crippen LogP contribution in [0.2, 0.25) is 0 Å². The summed E-state index contributed by atoms with van der Waals surface area (Å²) in [5.41, 5.74) is 0. The van der Waals surface area contributed by atoms with Crippen LogP contribution in [0, 0.1) is 23.7 Å². The average Bonchev–Trinajstić information content (AvgIpc) is 2.80. The standard InChI is InChI=1S/C13H21NO2S3/c1-3-5-7-8(13-11(5)18-13)10-6(4-19(15)16)9(14-2)12(7)17-10/h5-14H,3-4H2,1-2H3,(H,15,16)/p-1. The molecule has 108 valence electrons. The van der Waals surface area contributed by atoms with Crippen LogP contribution in [-0.4, -0.2) is 48.6 Å². The SMILES string of the molecule is CCC1C2SC2C2C3SC(C(NC)C3CS(=O)[O-])C12. The summed E-state index contributed by atoms with van der Waals surface area (Å²) in [7, 11) is 2.01. The first kappa shape index (κ1) is 13.4. The molecular formula is C13H20NO2S3-. The fraction of sp³-hybridized carbons (Fsp3) is 1.00. The number of thioether (sulfide) groups is 2. The molecule has 0 aromatic rings. The van der Waals surface area contributed by atoms with Crippen molar-refractivity contribution in [2.45, 2.75) is 40.4 Å². The topological polar surface area (TPSA) is 52.2 Å². The molecule has 3 saturated heterocycles. The zero-order valence-corrected chi connectivity index (χ0v) is 13.6. The highest BCUT2D eigenvalue weighted by Crippen LogP contribution is 2.73. The Morgan fingerprint density at radius 3 is 2.47 bits per heavy atom. The first-order valence-corrected chi connectivity index (χ1v) is 10.3.